The summed E-state index contributed by atoms with van der Waals surface area (Å²) in [5.41, 5.74) is 13.5. The van der Waals surface area contributed by atoms with Gasteiger partial charge >= 0.3 is 0 Å². The average molecular weight is 583 g/mol. The number of para-hydroxylation sites is 2. The minimum Gasteiger partial charge on any atom is -0.339 e. The summed E-state index contributed by atoms with van der Waals surface area (Å²) in [6, 6.07) is 21.5. The molecule has 4 bridgehead atoms. The highest BCUT2D eigenvalue weighted by molar-refractivity contribution is 5.77. The summed E-state index contributed by atoms with van der Waals surface area (Å²) in [7, 11) is 5.18. The first-order valence-electron chi connectivity index (χ1n) is 17.6. The predicted molar refractivity (Wildman–Crippen MR) is 177 cm³/mol. The fourth-order valence-corrected chi connectivity index (χ4v) is 13.8. The lowest BCUT2D eigenvalue weighted by atomic mass is 9.56. The maximum Gasteiger partial charge on any atom is 0.102 e. The number of likely N-dealkylation sites (N-methyl/N-ethyl adjacent to an activating group) is 2. The average Bonchev–Trinajstić information content (AvgIpc) is 3.71. The molecule has 44 heavy (non-hydrogen) atoms. The van der Waals surface area contributed by atoms with E-state index >= 15 is 0 Å². The van der Waals surface area contributed by atoms with Crippen LogP contribution in [0.2, 0.25) is 0 Å². The van der Waals surface area contributed by atoms with Gasteiger partial charge in [0.1, 0.15) is 25.2 Å². The van der Waals surface area contributed by atoms with E-state index in [-0.39, 0.29) is 10.8 Å². The highest BCUT2D eigenvalue weighted by Gasteiger charge is 2.74. The number of nitrogens with zero attached hydrogens (tertiary/aromatic N) is 4. The first-order chi connectivity index (χ1) is 21.4. The summed E-state index contributed by atoms with van der Waals surface area (Å²) in [5.74, 6) is 1.09. The molecule has 2 saturated carbocycles. The summed E-state index contributed by atoms with van der Waals surface area (Å²) < 4.78 is 2.45. The summed E-state index contributed by atoms with van der Waals surface area (Å²) in [5, 5.41) is 0. The summed E-state index contributed by atoms with van der Waals surface area (Å²) >= 11 is 0. The van der Waals surface area contributed by atoms with Gasteiger partial charge in [0, 0.05) is 61.3 Å². The number of benzene rings is 2. The fourth-order valence-electron chi connectivity index (χ4n) is 13.8. The Hall–Kier alpha value is -3.08. The Morgan fingerprint density at radius 2 is 1.09 bits per heavy atom. The molecule has 10 atom stereocenters. The highest BCUT2D eigenvalue weighted by Crippen LogP contribution is 2.69. The van der Waals surface area contributed by atoms with Gasteiger partial charge in [-0.1, -0.05) is 48.6 Å². The Morgan fingerprint density at radius 3 is 1.52 bits per heavy atom. The van der Waals surface area contributed by atoms with Crippen molar-refractivity contribution in [1.29, 1.82) is 0 Å². The maximum absolute atomic E-state index is 2.88. The zero-order chi connectivity index (χ0) is 29.4. The van der Waals surface area contributed by atoms with Gasteiger partial charge < -0.3 is 18.8 Å². The summed E-state index contributed by atoms with van der Waals surface area (Å²) in [6.45, 7) is 9.66. The normalized spacial score (nSPS) is 50.3. The third-order valence-electron chi connectivity index (χ3n) is 15.3. The number of quaternary nitrogens is 2. The SMILES string of the molecule is C/C=C1\C[N+]2(C)CCC34c5ccccc5N5/C=C6/C7CC8C9(CC[N+]8(C)C/C7=C\C)c7ccccc7N(/C=C(/C1CC32)C54)C69. The van der Waals surface area contributed by atoms with Crippen LogP contribution in [-0.2, 0) is 10.8 Å². The van der Waals surface area contributed by atoms with E-state index in [1.165, 1.54) is 72.2 Å². The van der Waals surface area contributed by atoms with Crippen LogP contribution in [0.4, 0.5) is 11.4 Å². The van der Waals surface area contributed by atoms with E-state index in [0.29, 0.717) is 36.0 Å². The lowest BCUT2D eigenvalue weighted by molar-refractivity contribution is -0.924. The zero-order valence-corrected chi connectivity index (χ0v) is 26.8. The predicted octanol–water partition coefficient (Wildman–Crippen LogP) is 6.42. The molecule has 2 aliphatic carbocycles. The Kier molecular flexibility index (Phi) is 4.37. The van der Waals surface area contributed by atoms with Crippen LogP contribution >= 0.6 is 0 Å². The van der Waals surface area contributed by atoms with Gasteiger partial charge in [0.15, 0.2) is 0 Å². The van der Waals surface area contributed by atoms with Crippen LogP contribution in [0.5, 0.6) is 0 Å². The van der Waals surface area contributed by atoms with Gasteiger partial charge in [-0.3, -0.25) is 0 Å². The molecule has 2 aromatic rings. The quantitative estimate of drug-likeness (QED) is 0.261. The molecular weight excluding hydrogens is 536 g/mol. The van der Waals surface area contributed by atoms with E-state index in [2.05, 4.69) is 111 Å². The molecule has 6 fully saturated rings. The summed E-state index contributed by atoms with van der Waals surface area (Å²) in [6.07, 6.45) is 15.8. The third-order valence-corrected chi connectivity index (χ3v) is 15.3. The first-order valence-corrected chi connectivity index (χ1v) is 17.6. The van der Waals surface area contributed by atoms with Crippen molar-refractivity contribution < 1.29 is 8.97 Å². The Bertz CT molecular complexity index is 1680. The molecule has 0 radical (unpaired) electrons. The van der Waals surface area contributed by atoms with E-state index in [9.17, 15) is 0 Å². The molecule has 0 N–H and O–H groups in total. The lowest BCUT2D eigenvalue weighted by Gasteiger charge is -2.58. The van der Waals surface area contributed by atoms with Crippen molar-refractivity contribution in [3.8, 4) is 0 Å². The molecule has 4 heteroatoms. The zero-order valence-electron chi connectivity index (χ0n) is 26.8. The Balaban J connectivity index is 1.25. The molecule has 4 saturated heterocycles. The van der Waals surface area contributed by atoms with Gasteiger partial charge in [0.2, 0.25) is 0 Å². The minimum atomic E-state index is 0.184. The van der Waals surface area contributed by atoms with E-state index in [4.69, 9.17) is 0 Å². The standard InChI is InChI=1S/C40H46N4/c1-5-25-23-43(3)17-15-39-31-11-7-10-14-34(31)42-22-30-28-20-36-40(16-18-44(36,4)24-26(28)6-2)32-12-8-9-13-33(32)41(38(30)40)21-29(37(39)42)27(25)19-35(39)43/h5-14,21-22,27-28,35-38H,15-20,23-24H2,1-4H3/q+2/b25-5+,26-6+,29-21-,30-22-. The van der Waals surface area contributed by atoms with Gasteiger partial charge in [-0.05, 0) is 59.4 Å². The van der Waals surface area contributed by atoms with Gasteiger partial charge in [-0.15, -0.1) is 0 Å². The van der Waals surface area contributed by atoms with Crippen LogP contribution in [0.3, 0.4) is 0 Å². The summed E-state index contributed by atoms with van der Waals surface area (Å²) in [4.78, 5) is 5.76. The second kappa shape index (κ2) is 7.65. The topological polar surface area (TPSA) is 6.48 Å². The van der Waals surface area contributed by atoms with E-state index in [0.717, 1.165) is 0 Å². The van der Waals surface area contributed by atoms with Gasteiger partial charge in [-0.25, -0.2) is 0 Å². The number of hydrogen-bond acceptors (Lipinski definition) is 2. The number of piperidine rings is 2. The highest BCUT2D eigenvalue weighted by atomic mass is 15.4. The second-order valence-electron chi connectivity index (χ2n) is 16.6. The minimum absolute atomic E-state index is 0.184. The Labute approximate surface area is 262 Å². The van der Waals surface area contributed by atoms with Crippen molar-refractivity contribution in [2.45, 2.75) is 74.5 Å². The molecule has 2 spiro atoms. The number of rotatable bonds is 0. The molecule has 9 aliphatic rings. The lowest BCUT2D eigenvalue weighted by Crippen LogP contribution is -2.68. The molecule has 2 aromatic carbocycles. The number of anilines is 2. The van der Waals surface area contributed by atoms with Crippen LogP contribution in [0.25, 0.3) is 0 Å². The van der Waals surface area contributed by atoms with Gasteiger partial charge in [0.05, 0.1) is 50.1 Å². The third kappa shape index (κ3) is 2.46. The molecule has 11 rings (SSSR count). The molecule has 7 heterocycles. The van der Waals surface area contributed by atoms with E-state index in [1.807, 2.05) is 0 Å². The number of allylic oxidation sites excluding steroid dienone is 2. The first kappa shape index (κ1) is 25.2. The number of fused-ring (bicyclic) bond motifs is 8. The van der Waals surface area contributed by atoms with Crippen molar-refractivity contribution in [3.05, 3.63) is 107 Å². The molecule has 4 nitrogen and oxygen atoms in total. The van der Waals surface area contributed by atoms with Crippen molar-refractivity contribution in [1.82, 2.24) is 0 Å². The maximum atomic E-state index is 2.88. The molecule has 224 valence electrons. The van der Waals surface area contributed by atoms with Crippen LogP contribution in [0, 0.1) is 11.8 Å². The van der Waals surface area contributed by atoms with Crippen LogP contribution < -0.4 is 9.80 Å². The van der Waals surface area contributed by atoms with Crippen molar-refractivity contribution in [2.75, 3.05) is 50.1 Å². The molecule has 0 aromatic heterocycles. The largest absolute Gasteiger partial charge is 0.339 e. The van der Waals surface area contributed by atoms with Crippen LogP contribution in [0.1, 0.15) is 50.7 Å². The fraction of sp³-hybridized carbons (Fsp3) is 0.500. The van der Waals surface area contributed by atoms with Crippen molar-refractivity contribution in [2.24, 2.45) is 11.8 Å². The van der Waals surface area contributed by atoms with Crippen molar-refractivity contribution in [3.63, 3.8) is 0 Å². The monoisotopic (exact) mass is 582 g/mol. The van der Waals surface area contributed by atoms with E-state index in [1.54, 1.807) is 33.4 Å². The smallest absolute Gasteiger partial charge is 0.102 e. The van der Waals surface area contributed by atoms with Crippen LogP contribution in [-0.4, -0.2) is 73.4 Å². The molecule has 7 aliphatic heterocycles. The van der Waals surface area contributed by atoms with E-state index < -0.39 is 0 Å². The van der Waals surface area contributed by atoms with Gasteiger partial charge in [-0.2, -0.15) is 0 Å². The molecule has 10 unspecified atom stereocenters. The number of hydrogen-bond donors (Lipinski definition) is 0. The molecular formula is C40H46N4+2. The van der Waals surface area contributed by atoms with Gasteiger partial charge in [0.25, 0.3) is 0 Å². The van der Waals surface area contributed by atoms with Crippen molar-refractivity contribution >= 4 is 11.4 Å². The Morgan fingerprint density at radius 1 is 0.659 bits per heavy atom. The molecule has 0 amide bonds. The van der Waals surface area contributed by atoms with Crippen LogP contribution in [0.15, 0.2) is 95.4 Å². The second-order valence-corrected chi connectivity index (χ2v) is 16.6.